The molecule has 0 N–H and O–H groups in total. The highest BCUT2D eigenvalue weighted by atomic mass is 35.5. The Kier molecular flexibility index (Phi) is 3.85. The molecule has 0 aromatic heterocycles. The minimum absolute atomic E-state index is 0.0523. The van der Waals surface area contributed by atoms with Crippen LogP contribution in [-0.4, -0.2) is 19.5 Å². The first-order chi connectivity index (χ1) is 7.66. The maximum atomic E-state index is 5.85. The van der Waals surface area contributed by atoms with Crippen molar-refractivity contribution in [1.82, 2.24) is 0 Å². The van der Waals surface area contributed by atoms with Crippen molar-refractivity contribution in [3.63, 3.8) is 0 Å². The van der Waals surface area contributed by atoms with Gasteiger partial charge in [-0.25, -0.2) is 0 Å². The van der Waals surface area contributed by atoms with E-state index in [9.17, 15) is 0 Å². The average molecular weight is 241 g/mol. The average Bonchev–Trinajstić information content (AvgIpc) is 2.30. The molecule has 0 unspecified atom stereocenters. The molecule has 0 radical (unpaired) electrons. The predicted molar refractivity (Wildman–Crippen MR) is 64.7 cm³/mol. The van der Waals surface area contributed by atoms with Gasteiger partial charge in [-0.2, -0.15) is 0 Å². The summed E-state index contributed by atoms with van der Waals surface area (Å²) in [6, 6.07) is 7.89. The summed E-state index contributed by atoms with van der Waals surface area (Å²) in [5, 5.41) is 0.765. The summed E-state index contributed by atoms with van der Waals surface area (Å²) in [5.41, 5.74) is 1.23. The zero-order valence-corrected chi connectivity index (χ0v) is 10.4. The van der Waals surface area contributed by atoms with E-state index in [-0.39, 0.29) is 6.29 Å². The van der Waals surface area contributed by atoms with Crippen molar-refractivity contribution in [2.24, 2.45) is 5.92 Å². The lowest BCUT2D eigenvalue weighted by atomic mass is 10.00. The van der Waals surface area contributed by atoms with Crippen molar-refractivity contribution >= 4 is 11.6 Å². The van der Waals surface area contributed by atoms with Crippen LogP contribution < -0.4 is 0 Å². The van der Waals surface area contributed by atoms with Crippen LogP contribution in [0.1, 0.15) is 25.3 Å². The summed E-state index contributed by atoms with van der Waals surface area (Å²) in [7, 11) is 0. The van der Waals surface area contributed by atoms with Crippen LogP contribution in [0.15, 0.2) is 24.3 Å². The van der Waals surface area contributed by atoms with E-state index in [1.54, 1.807) is 0 Å². The van der Waals surface area contributed by atoms with Gasteiger partial charge in [-0.15, -0.1) is 0 Å². The first kappa shape index (κ1) is 11.9. The number of hydrogen-bond acceptors (Lipinski definition) is 2. The van der Waals surface area contributed by atoms with Gasteiger partial charge in [-0.1, -0.05) is 37.6 Å². The number of hydrogen-bond donors (Lipinski definition) is 0. The van der Waals surface area contributed by atoms with Gasteiger partial charge in [0.15, 0.2) is 6.29 Å². The Morgan fingerprint density at radius 2 is 1.69 bits per heavy atom. The molecule has 2 rings (SSSR count). The highest BCUT2D eigenvalue weighted by molar-refractivity contribution is 6.30. The Morgan fingerprint density at radius 1 is 1.12 bits per heavy atom. The molecule has 88 valence electrons. The molecule has 0 amide bonds. The summed E-state index contributed by atoms with van der Waals surface area (Å²) in [6.45, 7) is 5.66. The standard InChI is InChI=1S/C13H17ClO2/c1-9(2)13-15-7-11(8-16-13)10-3-5-12(14)6-4-10/h3-6,9,11,13H,7-8H2,1-2H3. The second-order valence-electron chi connectivity index (χ2n) is 4.53. The lowest BCUT2D eigenvalue weighted by Gasteiger charge is -2.31. The van der Waals surface area contributed by atoms with E-state index in [2.05, 4.69) is 13.8 Å². The third-order valence-corrected chi connectivity index (χ3v) is 3.06. The summed E-state index contributed by atoms with van der Waals surface area (Å²) < 4.78 is 11.4. The Bertz CT molecular complexity index is 326. The van der Waals surface area contributed by atoms with Gasteiger partial charge in [-0.3, -0.25) is 0 Å². The molecule has 1 aliphatic rings. The van der Waals surface area contributed by atoms with Gasteiger partial charge >= 0.3 is 0 Å². The number of halogens is 1. The molecule has 1 heterocycles. The fourth-order valence-electron chi connectivity index (χ4n) is 1.83. The molecule has 0 spiro atoms. The van der Waals surface area contributed by atoms with E-state index in [1.165, 1.54) is 5.56 Å². The monoisotopic (exact) mass is 240 g/mol. The molecule has 2 nitrogen and oxygen atoms in total. The second kappa shape index (κ2) is 5.17. The maximum absolute atomic E-state index is 5.85. The summed E-state index contributed by atoms with van der Waals surface area (Å²) >= 11 is 5.85. The van der Waals surface area contributed by atoms with Gasteiger partial charge < -0.3 is 9.47 Å². The quantitative estimate of drug-likeness (QED) is 0.788. The van der Waals surface area contributed by atoms with E-state index in [4.69, 9.17) is 21.1 Å². The summed E-state index contributed by atoms with van der Waals surface area (Å²) in [6.07, 6.45) is -0.0523. The highest BCUT2D eigenvalue weighted by Crippen LogP contribution is 2.25. The van der Waals surface area contributed by atoms with Crippen LogP contribution in [0.2, 0.25) is 5.02 Å². The van der Waals surface area contributed by atoms with Gasteiger partial charge in [0.25, 0.3) is 0 Å². The fraction of sp³-hybridized carbons (Fsp3) is 0.538. The third-order valence-electron chi connectivity index (χ3n) is 2.81. The SMILES string of the molecule is CC(C)C1OCC(c2ccc(Cl)cc2)CO1. The fourth-order valence-corrected chi connectivity index (χ4v) is 1.96. The Balaban J connectivity index is 1.96. The smallest absolute Gasteiger partial charge is 0.159 e. The molecule has 1 aliphatic heterocycles. The normalized spacial score (nSPS) is 26.0. The first-order valence-electron chi connectivity index (χ1n) is 5.65. The molecule has 1 aromatic carbocycles. The minimum Gasteiger partial charge on any atom is -0.352 e. The van der Waals surface area contributed by atoms with Crippen molar-refractivity contribution < 1.29 is 9.47 Å². The van der Waals surface area contributed by atoms with E-state index in [0.717, 1.165) is 18.2 Å². The van der Waals surface area contributed by atoms with Crippen LogP contribution in [0.5, 0.6) is 0 Å². The molecule has 0 saturated carbocycles. The van der Waals surface area contributed by atoms with Crippen molar-refractivity contribution in [2.45, 2.75) is 26.1 Å². The van der Waals surface area contributed by atoms with Crippen molar-refractivity contribution in [1.29, 1.82) is 0 Å². The largest absolute Gasteiger partial charge is 0.352 e. The number of rotatable bonds is 2. The van der Waals surface area contributed by atoms with Crippen LogP contribution >= 0.6 is 11.6 Å². The molecular formula is C13H17ClO2. The molecular weight excluding hydrogens is 224 g/mol. The minimum atomic E-state index is -0.0523. The van der Waals surface area contributed by atoms with Crippen LogP contribution in [0.4, 0.5) is 0 Å². The first-order valence-corrected chi connectivity index (χ1v) is 6.03. The Hall–Kier alpha value is -0.570. The zero-order valence-electron chi connectivity index (χ0n) is 9.65. The molecule has 1 fully saturated rings. The Morgan fingerprint density at radius 3 is 2.19 bits per heavy atom. The molecule has 1 aromatic rings. The molecule has 0 aliphatic carbocycles. The molecule has 0 atom stereocenters. The molecule has 1 saturated heterocycles. The topological polar surface area (TPSA) is 18.5 Å². The van der Waals surface area contributed by atoms with Crippen molar-refractivity contribution in [2.75, 3.05) is 13.2 Å². The lowest BCUT2D eigenvalue weighted by molar-refractivity contribution is -0.206. The van der Waals surface area contributed by atoms with E-state index in [0.29, 0.717) is 11.8 Å². The van der Waals surface area contributed by atoms with Crippen molar-refractivity contribution in [3.8, 4) is 0 Å². The predicted octanol–water partition coefficient (Wildman–Crippen LogP) is 3.45. The second-order valence-corrected chi connectivity index (χ2v) is 4.96. The van der Waals surface area contributed by atoms with E-state index >= 15 is 0 Å². The van der Waals surface area contributed by atoms with Gasteiger partial charge in [-0.05, 0) is 17.7 Å². The Labute approximate surface area is 102 Å². The summed E-state index contributed by atoms with van der Waals surface area (Å²) in [4.78, 5) is 0. The van der Waals surface area contributed by atoms with Crippen LogP contribution in [-0.2, 0) is 9.47 Å². The highest BCUT2D eigenvalue weighted by Gasteiger charge is 2.25. The van der Waals surface area contributed by atoms with Gasteiger partial charge in [0.2, 0.25) is 0 Å². The maximum Gasteiger partial charge on any atom is 0.159 e. The van der Waals surface area contributed by atoms with Gasteiger partial charge in [0.05, 0.1) is 13.2 Å². The number of ether oxygens (including phenoxy) is 2. The summed E-state index contributed by atoms with van der Waals surface area (Å²) in [5.74, 6) is 0.735. The molecule has 3 heteroatoms. The zero-order chi connectivity index (χ0) is 11.5. The number of benzene rings is 1. The van der Waals surface area contributed by atoms with E-state index < -0.39 is 0 Å². The molecule has 0 bridgehead atoms. The lowest BCUT2D eigenvalue weighted by Crippen LogP contribution is -2.34. The van der Waals surface area contributed by atoms with Gasteiger partial charge in [0, 0.05) is 16.9 Å². The van der Waals surface area contributed by atoms with Crippen LogP contribution in [0, 0.1) is 5.92 Å². The van der Waals surface area contributed by atoms with E-state index in [1.807, 2.05) is 24.3 Å². The third kappa shape index (κ3) is 2.76. The molecule has 16 heavy (non-hydrogen) atoms. The van der Waals surface area contributed by atoms with Crippen LogP contribution in [0.3, 0.4) is 0 Å². The van der Waals surface area contributed by atoms with Crippen LogP contribution in [0.25, 0.3) is 0 Å². The van der Waals surface area contributed by atoms with Crippen molar-refractivity contribution in [3.05, 3.63) is 34.9 Å². The van der Waals surface area contributed by atoms with Gasteiger partial charge in [0.1, 0.15) is 0 Å².